The summed E-state index contributed by atoms with van der Waals surface area (Å²) in [6.07, 6.45) is 16.1. The minimum atomic E-state index is -0.490. The maximum Gasteiger partial charge on any atom is 0.0586 e. The fourth-order valence-corrected chi connectivity index (χ4v) is 3.25. The summed E-state index contributed by atoms with van der Waals surface area (Å²) in [4.78, 5) is 0. The monoisotopic (exact) mass is 372 g/mol. The largest absolute Gasteiger partial charge is 1.00 e. The Morgan fingerprint density at radius 3 is 1.29 bits per heavy atom. The van der Waals surface area contributed by atoms with Crippen LogP contribution in [0.1, 0.15) is 71.1 Å². The van der Waals surface area contributed by atoms with Gasteiger partial charge in [0, 0.05) is 27.3 Å². The van der Waals surface area contributed by atoms with Crippen molar-refractivity contribution in [1.29, 1.82) is 0 Å². The van der Waals surface area contributed by atoms with Crippen molar-refractivity contribution in [3.05, 3.63) is 0 Å². The average molecular weight is 372 g/mol. The summed E-state index contributed by atoms with van der Waals surface area (Å²) in [5.41, 5.74) is 0. The van der Waals surface area contributed by atoms with Crippen LogP contribution in [0.5, 0.6) is 0 Å². The summed E-state index contributed by atoms with van der Waals surface area (Å²) >= 11 is 0. The first-order chi connectivity index (χ1) is 7.56. The van der Waals surface area contributed by atoms with Crippen molar-refractivity contribution in [2.45, 2.75) is 71.1 Å². The third kappa shape index (κ3) is 19.7. The van der Waals surface area contributed by atoms with E-state index in [1.54, 1.807) is 0 Å². The summed E-state index contributed by atoms with van der Waals surface area (Å²) in [6, 6.07) is 0. The molecule has 0 unspecified atom stereocenters. The molecule has 2 heteroatoms. The summed E-state index contributed by atoms with van der Waals surface area (Å²) in [6.45, 7) is 9.67. The van der Waals surface area contributed by atoms with Gasteiger partial charge in [0.1, 0.15) is 0 Å². The molecule has 0 atom stereocenters. The average Bonchev–Trinajstić information content (AvgIpc) is 2.19. The molecule has 17 heavy (non-hydrogen) atoms. The smallest absolute Gasteiger partial charge is 0.0586 e. The van der Waals surface area contributed by atoms with Gasteiger partial charge >= 0.3 is 0 Å². The number of unbranched alkanes of at least 4 members (excludes halogenated alkanes) is 9. The molecule has 0 amide bonds. The van der Waals surface area contributed by atoms with Gasteiger partial charge in [-0.25, -0.2) is 0 Å². The highest BCUT2D eigenvalue weighted by Crippen LogP contribution is 2.47. The molecule has 0 fully saturated rings. The van der Waals surface area contributed by atoms with E-state index in [0.29, 0.717) is 0 Å². The van der Waals surface area contributed by atoms with Crippen LogP contribution in [-0.4, -0.2) is 26.2 Å². The van der Waals surface area contributed by atoms with Gasteiger partial charge in [0.15, 0.2) is 0 Å². The van der Waals surface area contributed by atoms with Crippen LogP contribution < -0.4 is 24.0 Å². The molecule has 106 valence electrons. The molecule has 0 aromatic heterocycles. The highest BCUT2D eigenvalue weighted by Gasteiger charge is 2.15. The summed E-state index contributed by atoms with van der Waals surface area (Å²) < 4.78 is 0. The Kier molecular flexibility index (Phi) is 16.4. The minimum absolute atomic E-state index is 0. The van der Waals surface area contributed by atoms with Gasteiger partial charge in [0.25, 0.3) is 0 Å². The molecule has 0 saturated heterocycles. The zero-order chi connectivity index (χ0) is 12.3. The normalized spacial score (nSPS) is 11.3. The van der Waals surface area contributed by atoms with Crippen molar-refractivity contribution in [2.24, 2.45) is 0 Å². The van der Waals surface area contributed by atoms with Gasteiger partial charge in [-0.2, -0.15) is 0 Å². The molecule has 0 bridgehead atoms. The zero-order valence-electron chi connectivity index (χ0n) is 12.6. The molecule has 0 N–H and O–H groups in total. The predicted octanol–water partition coefficient (Wildman–Crippen LogP) is 2.82. The van der Waals surface area contributed by atoms with Gasteiger partial charge in [-0.15, -0.1) is 0 Å². The first-order valence-corrected chi connectivity index (χ1v) is 10.7. The van der Waals surface area contributed by atoms with Gasteiger partial charge in [-0.05, 0) is 12.8 Å². The lowest BCUT2D eigenvalue weighted by Crippen LogP contribution is -3.00. The van der Waals surface area contributed by atoms with Crippen LogP contribution in [0, 0.1) is 0 Å². The maximum absolute atomic E-state index is 2.46. The van der Waals surface area contributed by atoms with E-state index >= 15 is 0 Å². The van der Waals surface area contributed by atoms with Crippen LogP contribution >= 0.6 is 7.26 Å². The highest BCUT2D eigenvalue weighted by atomic mass is 127. The molecule has 0 radical (unpaired) electrons. The molecule has 0 aromatic rings. The van der Waals surface area contributed by atoms with Crippen molar-refractivity contribution in [1.82, 2.24) is 0 Å². The van der Waals surface area contributed by atoms with Gasteiger partial charge in [-0.3, -0.25) is 0 Å². The van der Waals surface area contributed by atoms with E-state index < -0.39 is 7.26 Å². The molecule has 0 aliphatic rings. The second-order valence-electron chi connectivity index (χ2n) is 6.20. The second kappa shape index (κ2) is 13.6. The summed E-state index contributed by atoms with van der Waals surface area (Å²) in [5.74, 6) is 0. The number of hydrogen-bond acceptors (Lipinski definition) is 0. The van der Waals surface area contributed by atoms with Gasteiger partial charge in [-0.1, -0.05) is 58.3 Å². The third-order valence-corrected chi connectivity index (χ3v) is 4.84. The molecular formula is C15H34IP. The molecular weight excluding hydrogens is 338 g/mol. The van der Waals surface area contributed by atoms with Crippen molar-refractivity contribution < 1.29 is 24.0 Å². The van der Waals surface area contributed by atoms with Crippen LogP contribution in [-0.2, 0) is 0 Å². The lowest BCUT2D eigenvalue weighted by molar-refractivity contribution is -0.00000389. The van der Waals surface area contributed by atoms with Gasteiger partial charge in [0.2, 0.25) is 0 Å². The van der Waals surface area contributed by atoms with E-state index in [-0.39, 0.29) is 24.0 Å². The van der Waals surface area contributed by atoms with Crippen molar-refractivity contribution in [3.8, 4) is 0 Å². The molecule has 0 spiro atoms. The Bertz CT molecular complexity index is 140. The fraction of sp³-hybridized carbons (Fsp3) is 1.00. The van der Waals surface area contributed by atoms with E-state index in [1.807, 2.05) is 0 Å². The van der Waals surface area contributed by atoms with E-state index in [1.165, 1.54) is 70.4 Å². The van der Waals surface area contributed by atoms with E-state index in [4.69, 9.17) is 0 Å². The van der Waals surface area contributed by atoms with Crippen LogP contribution in [0.4, 0.5) is 0 Å². The minimum Gasteiger partial charge on any atom is -1.00 e. The fourth-order valence-electron chi connectivity index (χ4n) is 2.07. The topological polar surface area (TPSA) is 0 Å². The Labute approximate surface area is 128 Å². The lowest BCUT2D eigenvalue weighted by atomic mass is 10.1. The molecule has 0 saturated carbocycles. The Hall–Kier alpha value is 1.16. The molecule has 0 heterocycles. The Morgan fingerprint density at radius 2 is 0.941 bits per heavy atom. The molecule has 0 aromatic carbocycles. The summed E-state index contributed by atoms with van der Waals surface area (Å²) in [7, 11) is -0.490. The standard InChI is InChI=1S/C15H34P.HI/c1-5-6-7-8-9-10-11-12-13-14-15-16(2,3)4;/h5-15H2,1-4H3;1H/q+1;/p-1. The quantitative estimate of drug-likeness (QED) is 0.297. The van der Waals surface area contributed by atoms with Crippen LogP contribution in [0.25, 0.3) is 0 Å². The van der Waals surface area contributed by atoms with Gasteiger partial charge < -0.3 is 24.0 Å². The third-order valence-electron chi connectivity index (χ3n) is 3.18. The van der Waals surface area contributed by atoms with E-state index in [0.717, 1.165) is 0 Å². The number of rotatable bonds is 11. The first kappa shape index (κ1) is 20.5. The summed E-state index contributed by atoms with van der Waals surface area (Å²) in [5, 5.41) is 0. The number of hydrogen-bond donors (Lipinski definition) is 0. The molecule has 0 aliphatic carbocycles. The highest BCUT2D eigenvalue weighted by molar-refractivity contribution is 7.73. The van der Waals surface area contributed by atoms with Crippen molar-refractivity contribution in [3.63, 3.8) is 0 Å². The van der Waals surface area contributed by atoms with Crippen LogP contribution in [0.15, 0.2) is 0 Å². The second-order valence-corrected chi connectivity index (χ2v) is 11.2. The molecule has 0 nitrogen and oxygen atoms in total. The van der Waals surface area contributed by atoms with Crippen LogP contribution in [0.2, 0.25) is 0 Å². The van der Waals surface area contributed by atoms with E-state index in [2.05, 4.69) is 26.9 Å². The first-order valence-electron chi connectivity index (χ1n) is 7.36. The van der Waals surface area contributed by atoms with Crippen LogP contribution in [0.3, 0.4) is 0 Å². The van der Waals surface area contributed by atoms with E-state index in [9.17, 15) is 0 Å². The lowest BCUT2D eigenvalue weighted by Gasteiger charge is -2.10. The number of halogens is 1. The van der Waals surface area contributed by atoms with Gasteiger partial charge in [0.05, 0.1) is 6.16 Å². The molecule has 0 rings (SSSR count). The zero-order valence-corrected chi connectivity index (χ0v) is 15.7. The van der Waals surface area contributed by atoms with Crippen molar-refractivity contribution in [2.75, 3.05) is 26.2 Å². The predicted molar refractivity (Wildman–Crippen MR) is 81.4 cm³/mol. The maximum atomic E-state index is 2.46. The Balaban J connectivity index is 0. The van der Waals surface area contributed by atoms with Crippen molar-refractivity contribution >= 4 is 7.26 Å². The Morgan fingerprint density at radius 1 is 0.588 bits per heavy atom. The SMILES string of the molecule is CCCCCCCCCCCC[P+](C)(C)C.[I-]. The molecule has 0 aliphatic heterocycles.